The Hall–Kier alpha value is -0.910. The van der Waals surface area contributed by atoms with Crippen LogP contribution in [-0.2, 0) is 6.54 Å². The summed E-state index contributed by atoms with van der Waals surface area (Å²) in [6.45, 7) is 0.571. The van der Waals surface area contributed by atoms with Crippen molar-refractivity contribution < 1.29 is 4.52 Å². The Bertz CT molecular complexity index is 501. The van der Waals surface area contributed by atoms with Crippen LogP contribution in [0, 0.1) is 0 Å². The standard InChI is InChI=1S/C10H9BrClN3O/c1-13-5-9-14-10(16-15-9)7-4-6(12)2-3-8(7)11/h2-4,13H,5H2,1H3. The fourth-order valence-corrected chi connectivity index (χ4v) is 1.84. The van der Waals surface area contributed by atoms with E-state index in [9.17, 15) is 0 Å². The molecule has 0 radical (unpaired) electrons. The molecule has 84 valence electrons. The van der Waals surface area contributed by atoms with E-state index in [2.05, 4.69) is 31.4 Å². The highest BCUT2D eigenvalue weighted by atomic mass is 79.9. The molecule has 4 nitrogen and oxygen atoms in total. The molecule has 6 heteroatoms. The van der Waals surface area contributed by atoms with E-state index >= 15 is 0 Å². The van der Waals surface area contributed by atoms with Crippen molar-refractivity contribution in [3.63, 3.8) is 0 Å². The summed E-state index contributed by atoms with van der Waals surface area (Å²) in [7, 11) is 1.82. The van der Waals surface area contributed by atoms with Crippen LogP contribution in [-0.4, -0.2) is 17.2 Å². The first-order valence-corrected chi connectivity index (χ1v) is 5.80. The lowest BCUT2D eigenvalue weighted by molar-refractivity contribution is 0.420. The number of benzene rings is 1. The minimum atomic E-state index is 0.458. The van der Waals surface area contributed by atoms with Gasteiger partial charge in [-0.05, 0) is 41.2 Å². The molecule has 0 aliphatic carbocycles. The molecule has 16 heavy (non-hydrogen) atoms. The molecule has 0 atom stereocenters. The molecular formula is C10H9BrClN3O. The molecule has 0 aliphatic heterocycles. The number of nitrogens with one attached hydrogen (secondary N) is 1. The van der Waals surface area contributed by atoms with Crippen LogP contribution in [0.15, 0.2) is 27.2 Å². The van der Waals surface area contributed by atoms with Crippen molar-refractivity contribution in [2.75, 3.05) is 7.05 Å². The lowest BCUT2D eigenvalue weighted by Gasteiger charge is -1.98. The van der Waals surface area contributed by atoms with Crippen LogP contribution in [0.5, 0.6) is 0 Å². The van der Waals surface area contributed by atoms with E-state index < -0.39 is 0 Å². The van der Waals surface area contributed by atoms with E-state index in [-0.39, 0.29) is 0 Å². The SMILES string of the molecule is CNCc1noc(-c2cc(Cl)ccc2Br)n1. The van der Waals surface area contributed by atoms with Crippen LogP contribution in [0.4, 0.5) is 0 Å². The Morgan fingerprint density at radius 1 is 1.50 bits per heavy atom. The van der Waals surface area contributed by atoms with Gasteiger partial charge in [-0.1, -0.05) is 16.8 Å². The van der Waals surface area contributed by atoms with E-state index in [0.29, 0.717) is 23.3 Å². The summed E-state index contributed by atoms with van der Waals surface area (Å²) < 4.78 is 6.02. The van der Waals surface area contributed by atoms with E-state index in [4.69, 9.17) is 16.1 Å². The molecule has 1 aromatic carbocycles. The van der Waals surface area contributed by atoms with Crippen molar-refractivity contribution in [2.24, 2.45) is 0 Å². The second-order valence-electron chi connectivity index (χ2n) is 3.17. The van der Waals surface area contributed by atoms with Crippen LogP contribution in [0.25, 0.3) is 11.5 Å². The monoisotopic (exact) mass is 301 g/mol. The molecular weight excluding hydrogens is 293 g/mol. The second-order valence-corrected chi connectivity index (χ2v) is 4.46. The maximum Gasteiger partial charge on any atom is 0.259 e. The zero-order valence-corrected chi connectivity index (χ0v) is 10.8. The van der Waals surface area contributed by atoms with Crippen LogP contribution in [0.2, 0.25) is 5.02 Å². The first-order valence-electron chi connectivity index (χ1n) is 4.63. The van der Waals surface area contributed by atoms with Crippen molar-refractivity contribution in [1.82, 2.24) is 15.5 Å². The highest BCUT2D eigenvalue weighted by Gasteiger charge is 2.11. The fraction of sp³-hybridized carbons (Fsp3) is 0.200. The quantitative estimate of drug-likeness (QED) is 0.947. The molecule has 0 aliphatic rings. The van der Waals surface area contributed by atoms with Gasteiger partial charge in [0, 0.05) is 9.50 Å². The molecule has 0 saturated carbocycles. The number of hydrogen-bond acceptors (Lipinski definition) is 4. The Morgan fingerprint density at radius 3 is 3.06 bits per heavy atom. The molecule has 0 bridgehead atoms. The predicted octanol–water partition coefficient (Wildman–Crippen LogP) is 2.87. The molecule has 2 aromatic rings. The smallest absolute Gasteiger partial charge is 0.259 e. The Kier molecular flexibility index (Phi) is 3.58. The third kappa shape index (κ3) is 2.42. The summed E-state index contributed by atoms with van der Waals surface area (Å²) >= 11 is 9.32. The van der Waals surface area contributed by atoms with Gasteiger partial charge in [0.15, 0.2) is 5.82 Å². The molecule has 1 N–H and O–H groups in total. The zero-order chi connectivity index (χ0) is 11.5. The molecule has 0 unspecified atom stereocenters. The van der Waals surface area contributed by atoms with E-state index in [0.717, 1.165) is 10.0 Å². The average Bonchev–Trinajstić information content (AvgIpc) is 2.71. The number of aromatic nitrogens is 2. The maximum atomic E-state index is 5.91. The third-order valence-electron chi connectivity index (χ3n) is 1.96. The fourth-order valence-electron chi connectivity index (χ4n) is 1.25. The Morgan fingerprint density at radius 2 is 2.31 bits per heavy atom. The lowest BCUT2D eigenvalue weighted by atomic mass is 10.2. The van der Waals surface area contributed by atoms with Crippen LogP contribution < -0.4 is 5.32 Å². The molecule has 0 fully saturated rings. The van der Waals surface area contributed by atoms with Crippen LogP contribution in [0.1, 0.15) is 5.82 Å². The van der Waals surface area contributed by atoms with Gasteiger partial charge in [-0.3, -0.25) is 0 Å². The van der Waals surface area contributed by atoms with Gasteiger partial charge >= 0.3 is 0 Å². The number of hydrogen-bond donors (Lipinski definition) is 1. The van der Waals surface area contributed by atoms with Gasteiger partial charge in [-0.25, -0.2) is 0 Å². The summed E-state index contributed by atoms with van der Waals surface area (Å²) in [5, 5.41) is 7.42. The summed E-state index contributed by atoms with van der Waals surface area (Å²) in [5.74, 6) is 1.07. The van der Waals surface area contributed by atoms with Crippen LogP contribution >= 0.6 is 27.5 Å². The minimum Gasteiger partial charge on any atom is -0.334 e. The summed E-state index contributed by atoms with van der Waals surface area (Å²) in [4.78, 5) is 4.24. The Labute approximate surface area is 106 Å². The van der Waals surface area contributed by atoms with Crippen molar-refractivity contribution in [1.29, 1.82) is 0 Å². The van der Waals surface area contributed by atoms with Crippen LogP contribution in [0.3, 0.4) is 0 Å². The first-order chi connectivity index (χ1) is 7.70. The normalized spacial score (nSPS) is 10.7. The van der Waals surface area contributed by atoms with E-state index in [1.807, 2.05) is 13.1 Å². The highest BCUT2D eigenvalue weighted by Crippen LogP contribution is 2.29. The van der Waals surface area contributed by atoms with Crippen molar-refractivity contribution in [3.05, 3.63) is 33.5 Å². The topological polar surface area (TPSA) is 51.0 Å². The van der Waals surface area contributed by atoms with Gasteiger partial charge in [-0.15, -0.1) is 0 Å². The van der Waals surface area contributed by atoms with Gasteiger partial charge in [0.2, 0.25) is 0 Å². The van der Waals surface area contributed by atoms with Crippen molar-refractivity contribution in [3.8, 4) is 11.5 Å². The highest BCUT2D eigenvalue weighted by molar-refractivity contribution is 9.10. The van der Waals surface area contributed by atoms with Crippen molar-refractivity contribution in [2.45, 2.75) is 6.54 Å². The summed E-state index contributed by atoms with van der Waals surface area (Å²) in [5.41, 5.74) is 0.794. The van der Waals surface area contributed by atoms with Gasteiger partial charge in [0.25, 0.3) is 5.89 Å². The van der Waals surface area contributed by atoms with Crippen molar-refractivity contribution >= 4 is 27.5 Å². The van der Waals surface area contributed by atoms with E-state index in [1.165, 1.54) is 0 Å². The first kappa shape index (κ1) is 11.6. The minimum absolute atomic E-state index is 0.458. The predicted molar refractivity (Wildman–Crippen MR) is 65.2 cm³/mol. The third-order valence-corrected chi connectivity index (χ3v) is 2.89. The zero-order valence-electron chi connectivity index (χ0n) is 8.50. The summed E-state index contributed by atoms with van der Waals surface area (Å²) in [6, 6.07) is 5.42. The molecule has 1 aromatic heterocycles. The molecule has 0 amide bonds. The molecule has 1 heterocycles. The van der Waals surface area contributed by atoms with Gasteiger partial charge in [-0.2, -0.15) is 4.98 Å². The molecule has 0 saturated heterocycles. The van der Waals surface area contributed by atoms with Gasteiger partial charge in [0.1, 0.15) is 0 Å². The lowest BCUT2D eigenvalue weighted by Crippen LogP contribution is -2.06. The Balaban J connectivity index is 2.38. The van der Waals surface area contributed by atoms with Gasteiger partial charge in [0.05, 0.1) is 12.1 Å². The number of rotatable bonds is 3. The average molecular weight is 303 g/mol. The molecule has 0 spiro atoms. The second kappa shape index (κ2) is 4.95. The van der Waals surface area contributed by atoms with Gasteiger partial charge < -0.3 is 9.84 Å². The summed E-state index contributed by atoms with van der Waals surface area (Å²) in [6.07, 6.45) is 0. The maximum absolute atomic E-state index is 5.91. The number of halogens is 2. The molecule has 2 rings (SSSR count). The number of nitrogens with zero attached hydrogens (tertiary/aromatic N) is 2. The van der Waals surface area contributed by atoms with E-state index in [1.54, 1.807) is 12.1 Å². The largest absolute Gasteiger partial charge is 0.334 e.